The van der Waals surface area contributed by atoms with Gasteiger partial charge in [0.05, 0.1) is 5.69 Å². The third-order valence-corrected chi connectivity index (χ3v) is 6.71. The minimum atomic E-state index is -0.0871. The Morgan fingerprint density at radius 1 is 0.886 bits per heavy atom. The molecule has 3 heterocycles. The standard InChI is InChI=1S/C27H25N5O2S/c1-18-9-7-10-19(2)26(18)34-16-24-29-30-27(32(24)22-12-5-4-6-13-22)35-17-21-15-25(33)31-20(3)11-8-14-23(31)28-21/h4-15H,16-17H2,1-3H3. The largest absolute Gasteiger partial charge is 0.485 e. The van der Waals surface area contributed by atoms with E-state index in [9.17, 15) is 4.79 Å². The molecule has 0 spiro atoms. The van der Waals surface area contributed by atoms with Gasteiger partial charge in [-0.2, -0.15) is 0 Å². The smallest absolute Gasteiger partial charge is 0.258 e. The van der Waals surface area contributed by atoms with Crippen LogP contribution in [0.2, 0.25) is 0 Å². The molecule has 7 nitrogen and oxygen atoms in total. The predicted octanol–water partition coefficient (Wildman–Crippen LogP) is 5.07. The first-order chi connectivity index (χ1) is 17.0. The summed E-state index contributed by atoms with van der Waals surface area (Å²) < 4.78 is 9.79. The van der Waals surface area contributed by atoms with Gasteiger partial charge in [0.15, 0.2) is 11.0 Å². The van der Waals surface area contributed by atoms with Gasteiger partial charge in [-0.15, -0.1) is 10.2 Å². The average molecular weight is 484 g/mol. The number of rotatable bonds is 7. The highest BCUT2D eigenvalue weighted by Crippen LogP contribution is 2.27. The molecule has 0 saturated heterocycles. The first-order valence-electron chi connectivity index (χ1n) is 11.3. The number of benzene rings is 2. The fraction of sp³-hybridized carbons (Fsp3) is 0.185. The second-order valence-electron chi connectivity index (χ2n) is 8.31. The Morgan fingerprint density at radius 2 is 1.63 bits per heavy atom. The quantitative estimate of drug-likeness (QED) is 0.301. The van der Waals surface area contributed by atoms with E-state index in [-0.39, 0.29) is 12.2 Å². The van der Waals surface area contributed by atoms with Crippen molar-refractivity contribution < 1.29 is 4.74 Å². The molecule has 0 saturated carbocycles. The molecule has 0 atom stereocenters. The van der Waals surface area contributed by atoms with Crippen molar-refractivity contribution in [2.75, 3.05) is 0 Å². The summed E-state index contributed by atoms with van der Waals surface area (Å²) in [4.78, 5) is 17.3. The Balaban J connectivity index is 1.44. The van der Waals surface area contributed by atoms with E-state index in [0.29, 0.717) is 28.1 Å². The maximum absolute atomic E-state index is 12.7. The van der Waals surface area contributed by atoms with E-state index < -0.39 is 0 Å². The van der Waals surface area contributed by atoms with E-state index >= 15 is 0 Å². The number of fused-ring (bicyclic) bond motifs is 1. The van der Waals surface area contributed by atoms with Crippen molar-refractivity contribution in [1.29, 1.82) is 0 Å². The first kappa shape index (κ1) is 22.9. The lowest BCUT2D eigenvalue weighted by atomic mass is 10.1. The van der Waals surface area contributed by atoms with Crippen LogP contribution in [0.5, 0.6) is 5.75 Å². The molecule has 35 heavy (non-hydrogen) atoms. The van der Waals surface area contributed by atoms with Crippen molar-refractivity contribution in [1.82, 2.24) is 24.1 Å². The van der Waals surface area contributed by atoms with Gasteiger partial charge in [-0.05, 0) is 56.2 Å². The van der Waals surface area contributed by atoms with Crippen LogP contribution in [-0.2, 0) is 12.4 Å². The molecule has 176 valence electrons. The predicted molar refractivity (Wildman–Crippen MR) is 137 cm³/mol. The Labute approximate surface area is 207 Å². The molecule has 8 heteroatoms. The van der Waals surface area contributed by atoms with Crippen LogP contribution in [0.4, 0.5) is 0 Å². The Bertz CT molecular complexity index is 1540. The third-order valence-electron chi connectivity index (χ3n) is 5.75. The topological polar surface area (TPSA) is 74.3 Å². The lowest BCUT2D eigenvalue weighted by Gasteiger charge is -2.13. The first-order valence-corrected chi connectivity index (χ1v) is 12.3. The number of pyridine rings is 1. The number of hydrogen-bond donors (Lipinski definition) is 0. The van der Waals surface area contributed by atoms with Crippen molar-refractivity contribution in [2.45, 2.75) is 38.3 Å². The number of aryl methyl sites for hydroxylation is 3. The van der Waals surface area contributed by atoms with Gasteiger partial charge in [-0.25, -0.2) is 4.98 Å². The van der Waals surface area contributed by atoms with Gasteiger partial charge < -0.3 is 4.74 Å². The van der Waals surface area contributed by atoms with Gasteiger partial charge in [-0.3, -0.25) is 13.8 Å². The summed E-state index contributed by atoms with van der Waals surface area (Å²) in [6.45, 7) is 6.25. The number of hydrogen-bond acceptors (Lipinski definition) is 6. The SMILES string of the molecule is Cc1cccc(C)c1OCc1nnc(SCc2cc(=O)n3c(C)cccc3n2)n1-c1ccccc1. The van der Waals surface area contributed by atoms with Gasteiger partial charge in [0.1, 0.15) is 18.0 Å². The molecule has 0 bridgehead atoms. The number of para-hydroxylation sites is 2. The highest BCUT2D eigenvalue weighted by Gasteiger charge is 2.17. The molecule has 0 aliphatic heterocycles. The molecule has 2 aromatic carbocycles. The summed E-state index contributed by atoms with van der Waals surface area (Å²) in [5, 5.41) is 9.60. The molecule has 5 aromatic rings. The lowest BCUT2D eigenvalue weighted by molar-refractivity contribution is 0.289. The molecular formula is C27H25N5O2S. The van der Waals surface area contributed by atoms with E-state index in [2.05, 4.69) is 15.2 Å². The third kappa shape index (κ3) is 4.70. The van der Waals surface area contributed by atoms with Crippen molar-refractivity contribution in [3.8, 4) is 11.4 Å². The van der Waals surface area contributed by atoms with Gasteiger partial charge in [0.2, 0.25) is 0 Å². The monoisotopic (exact) mass is 483 g/mol. The van der Waals surface area contributed by atoms with Crippen LogP contribution in [-0.4, -0.2) is 24.1 Å². The molecule has 0 fully saturated rings. The number of ether oxygens (including phenoxy) is 1. The van der Waals surface area contributed by atoms with E-state index in [4.69, 9.17) is 4.74 Å². The maximum Gasteiger partial charge on any atom is 0.258 e. The van der Waals surface area contributed by atoms with E-state index in [1.807, 2.05) is 92.1 Å². The fourth-order valence-corrected chi connectivity index (χ4v) is 4.93. The molecule has 0 radical (unpaired) electrons. The molecule has 0 aliphatic carbocycles. The molecule has 0 N–H and O–H groups in total. The van der Waals surface area contributed by atoms with E-state index in [0.717, 1.165) is 28.3 Å². The maximum atomic E-state index is 12.7. The van der Waals surface area contributed by atoms with Crippen LogP contribution in [0.25, 0.3) is 11.3 Å². The van der Waals surface area contributed by atoms with Crippen LogP contribution in [0, 0.1) is 20.8 Å². The van der Waals surface area contributed by atoms with E-state index in [1.165, 1.54) is 11.8 Å². The van der Waals surface area contributed by atoms with Crippen molar-refractivity contribution >= 4 is 17.4 Å². The summed E-state index contributed by atoms with van der Waals surface area (Å²) in [6.07, 6.45) is 0. The lowest BCUT2D eigenvalue weighted by Crippen LogP contribution is -2.17. The Hall–Kier alpha value is -3.91. The van der Waals surface area contributed by atoms with Crippen LogP contribution in [0.15, 0.2) is 82.7 Å². The summed E-state index contributed by atoms with van der Waals surface area (Å²) in [7, 11) is 0. The van der Waals surface area contributed by atoms with Gasteiger partial charge in [0.25, 0.3) is 5.56 Å². The van der Waals surface area contributed by atoms with Crippen LogP contribution < -0.4 is 10.3 Å². The number of thioether (sulfide) groups is 1. The zero-order valence-corrected chi connectivity index (χ0v) is 20.6. The summed E-state index contributed by atoms with van der Waals surface area (Å²) in [5.41, 5.74) is 5.21. The molecule has 0 amide bonds. The molecule has 0 aliphatic rings. The number of aromatic nitrogens is 5. The van der Waals surface area contributed by atoms with Crippen LogP contribution in [0.3, 0.4) is 0 Å². The second kappa shape index (κ2) is 9.76. The molecule has 0 unspecified atom stereocenters. The van der Waals surface area contributed by atoms with E-state index in [1.54, 1.807) is 10.5 Å². The minimum Gasteiger partial charge on any atom is -0.485 e. The Kier molecular flexibility index (Phi) is 6.37. The number of nitrogens with zero attached hydrogens (tertiary/aromatic N) is 5. The zero-order valence-electron chi connectivity index (χ0n) is 19.8. The van der Waals surface area contributed by atoms with Crippen molar-refractivity contribution in [3.63, 3.8) is 0 Å². The van der Waals surface area contributed by atoms with Crippen LogP contribution in [0.1, 0.15) is 28.3 Å². The van der Waals surface area contributed by atoms with Gasteiger partial charge in [0, 0.05) is 23.2 Å². The minimum absolute atomic E-state index is 0.0871. The average Bonchev–Trinajstić information content (AvgIpc) is 3.25. The molecule has 5 rings (SSSR count). The summed E-state index contributed by atoms with van der Waals surface area (Å²) in [6, 6.07) is 23.3. The molecular weight excluding hydrogens is 458 g/mol. The van der Waals surface area contributed by atoms with Crippen molar-refractivity contribution in [3.05, 3.63) is 111 Å². The fourth-order valence-electron chi connectivity index (χ4n) is 4.06. The highest BCUT2D eigenvalue weighted by molar-refractivity contribution is 7.98. The zero-order chi connectivity index (χ0) is 24.4. The normalized spacial score (nSPS) is 11.2. The van der Waals surface area contributed by atoms with Gasteiger partial charge in [-0.1, -0.05) is 54.2 Å². The Morgan fingerprint density at radius 3 is 2.40 bits per heavy atom. The summed E-state index contributed by atoms with van der Waals surface area (Å²) >= 11 is 1.49. The van der Waals surface area contributed by atoms with Crippen molar-refractivity contribution in [2.24, 2.45) is 0 Å². The molecule has 3 aromatic heterocycles. The van der Waals surface area contributed by atoms with Gasteiger partial charge >= 0.3 is 0 Å². The van der Waals surface area contributed by atoms with Crippen LogP contribution >= 0.6 is 11.8 Å². The summed E-state index contributed by atoms with van der Waals surface area (Å²) in [5.74, 6) is 2.05. The highest BCUT2D eigenvalue weighted by atomic mass is 32.2. The second-order valence-corrected chi connectivity index (χ2v) is 9.26.